The number of hydrogen-bond acceptors (Lipinski definition) is 4. The molecule has 2 rings (SSSR count). The Morgan fingerprint density at radius 3 is 2.14 bits per heavy atom. The first-order valence-electron chi connectivity index (χ1n) is 16.3. The van der Waals surface area contributed by atoms with Gasteiger partial charge in [0.2, 0.25) is 0 Å². The summed E-state index contributed by atoms with van der Waals surface area (Å²) in [6.45, 7) is 23.1. The SMILES string of the molecule is CC(C)(C)[Si](C)(C)O[C@@H](CCc1ccccc1)CC[C@@H]1[C@@H](CC=CCCCC(=O)O)[C@@H](O)C[C@H]1O[Si](C)(C)C(C)(C)C. The number of aliphatic hydroxyl groups is 1. The summed E-state index contributed by atoms with van der Waals surface area (Å²) < 4.78 is 14.1. The van der Waals surface area contributed by atoms with Crippen LogP contribution in [0, 0.1) is 11.8 Å². The Bertz CT molecular complexity index is 977. The minimum Gasteiger partial charge on any atom is -0.481 e. The number of unbranched alkanes of at least 4 members (excludes halogenated alkanes) is 1. The largest absolute Gasteiger partial charge is 0.481 e. The van der Waals surface area contributed by atoms with E-state index in [1.807, 2.05) is 0 Å². The zero-order valence-electron chi connectivity index (χ0n) is 28.4. The third-order valence-electron chi connectivity index (χ3n) is 10.3. The number of hydrogen-bond donors (Lipinski definition) is 2. The van der Waals surface area contributed by atoms with Crippen LogP contribution in [0.15, 0.2) is 42.5 Å². The Hall–Kier alpha value is -1.26. The molecule has 0 bridgehead atoms. The van der Waals surface area contributed by atoms with Crippen molar-refractivity contribution >= 4 is 22.6 Å². The van der Waals surface area contributed by atoms with Crippen molar-refractivity contribution in [3.8, 4) is 0 Å². The fourth-order valence-corrected chi connectivity index (χ4v) is 8.32. The number of benzene rings is 1. The summed E-state index contributed by atoms with van der Waals surface area (Å²) in [5.41, 5.74) is 1.35. The summed E-state index contributed by atoms with van der Waals surface area (Å²) in [6, 6.07) is 10.7. The molecule has 1 aliphatic rings. The molecule has 5 atom stereocenters. The van der Waals surface area contributed by atoms with Gasteiger partial charge in [0, 0.05) is 12.5 Å². The molecule has 42 heavy (non-hydrogen) atoms. The summed E-state index contributed by atoms with van der Waals surface area (Å²) in [5.74, 6) is -0.347. The van der Waals surface area contributed by atoms with Gasteiger partial charge in [-0.3, -0.25) is 4.79 Å². The minimum absolute atomic E-state index is 0.0500. The molecule has 0 aromatic heterocycles. The van der Waals surface area contributed by atoms with E-state index in [9.17, 15) is 9.90 Å². The second kappa shape index (κ2) is 15.6. The molecule has 1 saturated carbocycles. The van der Waals surface area contributed by atoms with Gasteiger partial charge in [0.15, 0.2) is 16.6 Å². The normalized spacial score (nSPS) is 23.0. The quantitative estimate of drug-likeness (QED) is 0.110. The molecule has 0 amide bonds. The average Bonchev–Trinajstić information content (AvgIpc) is 3.14. The smallest absolute Gasteiger partial charge is 0.303 e. The minimum atomic E-state index is -2.02. The number of allylic oxidation sites excluding steroid dienone is 2. The number of carboxylic acids is 1. The Labute approximate surface area is 259 Å². The summed E-state index contributed by atoms with van der Waals surface area (Å²) in [4.78, 5) is 10.9. The summed E-state index contributed by atoms with van der Waals surface area (Å²) in [6.07, 6.45) is 11.1. The van der Waals surface area contributed by atoms with Gasteiger partial charge < -0.3 is 19.1 Å². The lowest BCUT2D eigenvalue weighted by molar-refractivity contribution is -0.137. The third-order valence-corrected chi connectivity index (χ3v) is 19.3. The first-order valence-corrected chi connectivity index (χ1v) is 22.1. The van der Waals surface area contributed by atoms with Crippen molar-refractivity contribution in [2.45, 2.75) is 154 Å². The van der Waals surface area contributed by atoms with Crippen molar-refractivity contribution < 1.29 is 23.9 Å². The van der Waals surface area contributed by atoms with Gasteiger partial charge in [-0.2, -0.15) is 0 Å². The van der Waals surface area contributed by atoms with Gasteiger partial charge in [-0.1, -0.05) is 84.0 Å². The Morgan fingerprint density at radius 2 is 1.57 bits per heavy atom. The highest BCUT2D eigenvalue weighted by molar-refractivity contribution is 6.74. The van der Waals surface area contributed by atoms with Crippen molar-refractivity contribution in [2.75, 3.05) is 0 Å². The average molecular weight is 619 g/mol. The molecule has 7 heteroatoms. The first-order chi connectivity index (χ1) is 19.3. The molecule has 0 radical (unpaired) electrons. The van der Waals surface area contributed by atoms with Crippen LogP contribution in [0.4, 0.5) is 0 Å². The molecule has 1 aromatic carbocycles. The molecule has 2 N–H and O–H groups in total. The maximum Gasteiger partial charge on any atom is 0.303 e. The van der Waals surface area contributed by atoms with Crippen LogP contribution in [0.25, 0.3) is 0 Å². The predicted molar refractivity (Wildman–Crippen MR) is 181 cm³/mol. The fourth-order valence-electron chi connectivity index (χ4n) is 5.52. The van der Waals surface area contributed by atoms with Crippen molar-refractivity contribution in [3.63, 3.8) is 0 Å². The summed E-state index contributed by atoms with van der Waals surface area (Å²) >= 11 is 0. The highest BCUT2D eigenvalue weighted by Gasteiger charge is 2.48. The maximum absolute atomic E-state index is 11.3. The van der Waals surface area contributed by atoms with Gasteiger partial charge in [-0.25, -0.2) is 0 Å². The topological polar surface area (TPSA) is 76.0 Å². The lowest BCUT2D eigenvalue weighted by Gasteiger charge is -2.41. The van der Waals surface area contributed by atoms with Crippen LogP contribution >= 0.6 is 0 Å². The second-order valence-corrected chi connectivity index (χ2v) is 25.2. The zero-order valence-corrected chi connectivity index (χ0v) is 30.4. The van der Waals surface area contributed by atoms with Crippen molar-refractivity contribution in [2.24, 2.45) is 11.8 Å². The van der Waals surface area contributed by atoms with E-state index in [2.05, 4.69) is 110 Å². The first kappa shape index (κ1) is 36.9. The van der Waals surface area contributed by atoms with E-state index in [-0.39, 0.29) is 40.5 Å². The Kier molecular flexibility index (Phi) is 13.8. The van der Waals surface area contributed by atoms with Crippen LogP contribution in [-0.4, -0.2) is 51.1 Å². The molecule has 0 spiro atoms. The highest BCUT2D eigenvalue weighted by Crippen LogP contribution is 2.46. The lowest BCUT2D eigenvalue weighted by atomic mass is 9.85. The number of aliphatic carboxylic acids is 1. The molecule has 1 aliphatic carbocycles. The van der Waals surface area contributed by atoms with Gasteiger partial charge >= 0.3 is 5.97 Å². The molecule has 0 unspecified atom stereocenters. The Morgan fingerprint density at radius 1 is 0.952 bits per heavy atom. The number of rotatable bonds is 16. The van der Waals surface area contributed by atoms with E-state index >= 15 is 0 Å². The van der Waals surface area contributed by atoms with Gasteiger partial charge in [-0.15, -0.1) is 0 Å². The number of aryl methyl sites for hydroxylation is 1. The molecular weight excluding hydrogens is 557 g/mol. The molecule has 1 fully saturated rings. The van der Waals surface area contributed by atoms with Crippen LogP contribution in [0.3, 0.4) is 0 Å². The van der Waals surface area contributed by atoms with Crippen molar-refractivity contribution in [3.05, 3.63) is 48.0 Å². The monoisotopic (exact) mass is 618 g/mol. The van der Waals surface area contributed by atoms with E-state index in [1.165, 1.54) is 5.56 Å². The number of carboxylic acid groups (broad SMARTS) is 1. The predicted octanol–water partition coefficient (Wildman–Crippen LogP) is 9.38. The third kappa shape index (κ3) is 11.3. The molecule has 240 valence electrons. The van der Waals surface area contributed by atoms with Crippen molar-refractivity contribution in [1.82, 2.24) is 0 Å². The van der Waals surface area contributed by atoms with Crippen molar-refractivity contribution in [1.29, 1.82) is 0 Å². The van der Waals surface area contributed by atoms with E-state index in [4.69, 9.17) is 14.0 Å². The number of aliphatic hydroxyl groups excluding tert-OH is 1. The van der Waals surface area contributed by atoms with Gasteiger partial charge in [0.1, 0.15) is 0 Å². The molecule has 0 heterocycles. The van der Waals surface area contributed by atoms with Crippen LogP contribution in [0.5, 0.6) is 0 Å². The Balaban J connectivity index is 2.25. The summed E-state index contributed by atoms with van der Waals surface area (Å²) in [7, 11) is -3.98. The molecule has 5 nitrogen and oxygen atoms in total. The van der Waals surface area contributed by atoms with E-state index < -0.39 is 28.7 Å². The van der Waals surface area contributed by atoms with Crippen LogP contribution in [-0.2, 0) is 20.1 Å². The van der Waals surface area contributed by atoms with Gasteiger partial charge in [0.25, 0.3) is 0 Å². The van der Waals surface area contributed by atoms with Crippen LogP contribution in [0.2, 0.25) is 36.3 Å². The van der Waals surface area contributed by atoms with E-state index in [1.54, 1.807) is 0 Å². The van der Waals surface area contributed by atoms with Gasteiger partial charge in [0.05, 0.1) is 12.2 Å². The molecule has 1 aromatic rings. The molecule has 0 saturated heterocycles. The number of carbonyl (C=O) groups is 1. The second-order valence-electron chi connectivity index (χ2n) is 15.6. The highest BCUT2D eigenvalue weighted by atomic mass is 28.4. The fraction of sp³-hybridized carbons (Fsp3) is 0.743. The summed E-state index contributed by atoms with van der Waals surface area (Å²) in [5, 5.41) is 20.5. The molecule has 0 aliphatic heterocycles. The lowest BCUT2D eigenvalue weighted by Crippen LogP contribution is -2.45. The maximum atomic E-state index is 11.3. The van der Waals surface area contributed by atoms with E-state index in [0.717, 1.165) is 38.5 Å². The van der Waals surface area contributed by atoms with Crippen LogP contribution < -0.4 is 0 Å². The molecular formula is C35H62O5Si2. The van der Waals surface area contributed by atoms with Crippen LogP contribution in [0.1, 0.15) is 98.5 Å². The van der Waals surface area contributed by atoms with Gasteiger partial charge in [-0.05, 0) is 105 Å². The standard InChI is InChI=1S/C35H62O5Si2/c1-34(2,3)41(7,8)39-28(23-22-27-18-14-13-15-19-27)24-25-30-29(20-16-11-12-17-21-33(37)38)31(36)26-32(30)40-42(9,10)35(4,5)6/h11,13-16,18-19,28-32,36H,12,17,20-26H2,1-10H3,(H,37,38)/t28-,29+,30+,31-,32+/m0/s1. The van der Waals surface area contributed by atoms with E-state index in [0.29, 0.717) is 12.8 Å². The zero-order chi connectivity index (χ0) is 31.8.